The molecule has 0 saturated carbocycles. The average Bonchev–Trinajstić information content (AvgIpc) is 3.29. The number of nitrogens with zero attached hydrogens (tertiary/aromatic N) is 2. The molecule has 2 N–H and O–H groups in total. The summed E-state index contributed by atoms with van der Waals surface area (Å²) in [6.07, 6.45) is 0.722. The van der Waals surface area contributed by atoms with E-state index in [0.717, 1.165) is 12.0 Å². The fraction of sp³-hybridized carbons (Fsp3) is 0.400. The van der Waals surface area contributed by atoms with Gasteiger partial charge in [-0.2, -0.15) is 0 Å². The molecule has 39 heavy (non-hydrogen) atoms. The van der Waals surface area contributed by atoms with Crippen molar-refractivity contribution in [3.05, 3.63) is 76.5 Å². The van der Waals surface area contributed by atoms with Crippen LogP contribution in [-0.2, 0) is 14.4 Å². The van der Waals surface area contributed by atoms with Crippen LogP contribution in [0, 0.1) is 6.92 Å². The highest BCUT2D eigenvalue weighted by Crippen LogP contribution is 2.34. The first-order valence-corrected chi connectivity index (χ1v) is 13.5. The summed E-state index contributed by atoms with van der Waals surface area (Å²) in [5, 5.41) is 9.75. The zero-order valence-electron chi connectivity index (χ0n) is 23.4. The van der Waals surface area contributed by atoms with Gasteiger partial charge in [-0.15, -0.1) is 0 Å². The second-order valence-electron chi connectivity index (χ2n) is 10.7. The molecule has 8 nitrogen and oxygen atoms in total. The SMILES string of the molecule is CC[C@H](C)c1ccc(N(C(=O)CCC(=O)Nc2cc(C)on2)[C@H](C(=O)NC(C)(C)C)c2ccccc2Cl)cc1. The van der Waals surface area contributed by atoms with Crippen molar-refractivity contribution < 1.29 is 18.9 Å². The first-order valence-electron chi connectivity index (χ1n) is 13.1. The van der Waals surface area contributed by atoms with E-state index in [1.807, 2.05) is 45.0 Å². The van der Waals surface area contributed by atoms with Gasteiger partial charge in [-0.25, -0.2) is 0 Å². The summed E-state index contributed by atoms with van der Waals surface area (Å²) in [7, 11) is 0. The fourth-order valence-corrected chi connectivity index (χ4v) is 4.38. The summed E-state index contributed by atoms with van der Waals surface area (Å²) >= 11 is 6.58. The molecule has 1 aromatic heterocycles. The first kappa shape index (κ1) is 29.9. The first-order chi connectivity index (χ1) is 18.4. The lowest BCUT2D eigenvalue weighted by molar-refractivity contribution is -0.128. The van der Waals surface area contributed by atoms with Gasteiger partial charge in [-0.1, -0.05) is 60.9 Å². The van der Waals surface area contributed by atoms with Gasteiger partial charge in [0.05, 0.1) is 0 Å². The van der Waals surface area contributed by atoms with E-state index in [1.54, 1.807) is 37.3 Å². The van der Waals surface area contributed by atoms with Crippen molar-refractivity contribution in [1.82, 2.24) is 10.5 Å². The number of carbonyl (C=O) groups is 3. The van der Waals surface area contributed by atoms with Crippen LogP contribution in [0.15, 0.2) is 59.1 Å². The molecular formula is C30H37ClN4O4. The summed E-state index contributed by atoms with van der Waals surface area (Å²) in [6, 6.07) is 15.1. The van der Waals surface area contributed by atoms with Gasteiger partial charge < -0.3 is 15.2 Å². The van der Waals surface area contributed by atoms with Crippen molar-refractivity contribution in [1.29, 1.82) is 0 Å². The Bertz CT molecular complexity index is 1300. The lowest BCUT2D eigenvalue weighted by Crippen LogP contribution is -2.49. The van der Waals surface area contributed by atoms with Crippen LogP contribution >= 0.6 is 11.6 Å². The van der Waals surface area contributed by atoms with Gasteiger partial charge in [0.15, 0.2) is 5.82 Å². The second kappa shape index (κ2) is 12.9. The Kier molecular flexibility index (Phi) is 9.92. The average molecular weight is 553 g/mol. The molecule has 9 heteroatoms. The number of carbonyl (C=O) groups excluding carboxylic acids is 3. The molecule has 3 amide bonds. The van der Waals surface area contributed by atoms with Crippen LogP contribution < -0.4 is 15.5 Å². The van der Waals surface area contributed by atoms with Crippen LogP contribution in [-0.4, -0.2) is 28.4 Å². The number of aryl methyl sites for hydroxylation is 1. The summed E-state index contributed by atoms with van der Waals surface area (Å²) in [4.78, 5) is 41.7. The van der Waals surface area contributed by atoms with Crippen molar-refractivity contribution in [3.63, 3.8) is 0 Å². The maximum Gasteiger partial charge on any atom is 0.248 e. The summed E-state index contributed by atoms with van der Waals surface area (Å²) < 4.78 is 4.98. The maximum absolute atomic E-state index is 13.9. The van der Waals surface area contributed by atoms with Crippen LogP contribution in [0.2, 0.25) is 5.02 Å². The Morgan fingerprint density at radius 2 is 1.72 bits per heavy atom. The third-order valence-corrected chi connectivity index (χ3v) is 6.63. The molecule has 0 radical (unpaired) electrons. The van der Waals surface area contributed by atoms with Gasteiger partial charge in [0.25, 0.3) is 0 Å². The Morgan fingerprint density at radius 3 is 2.28 bits per heavy atom. The van der Waals surface area contributed by atoms with E-state index in [-0.39, 0.29) is 24.6 Å². The number of anilines is 2. The highest BCUT2D eigenvalue weighted by atomic mass is 35.5. The molecule has 3 aromatic rings. The Morgan fingerprint density at radius 1 is 1.05 bits per heavy atom. The molecule has 0 aliphatic rings. The molecule has 0 spiro atoms. The molecule has 0 fully saturated rings. The standard InChI is InChI=1S/C30H37ClN4O4/c1-7-19(2)21-12-14-22(15-13-21)35(27(37)17-16-26(36)32-25-18-20(3)39-34-25)28(29(38)33-30(4,5)6)23-10-8-9-11-24(23)31/h8-15,18-19,28H,7,16-17H2,1-6H3,(H,33,38)(H,32,34,36)/t19-,28-/m0/s1. The number of benzene rings is 2. The number of aromatic nitrogens is 1. The number of amides is 3. The van der Waals surface area contributed by atoms with Crippen LogP contribution in [0.3, 0.4) is 0 Å². The van der Waals surface area contributed by atoms with Crippen molar-refractivity contribution in [3.8, 4) is 0 Å². The predicted octanol–water partition coefficient (Wildman–Crippen LogP) is 6.56. The van der Waals surface area contributed by atoms with Crippen molar-refractivity contribution in [2.45, 2.75) is 78.3 Å². The maximum atomic E-state index is 13.9. The molecular weight excluding hydrogens is 516 g/mol. The number of halogens is 1. The lowest BCUT2D eigenvalue weighted by atomic mass is 9.97. The van der Waals surface area contributed by atoms with Crippen LogP contribution in [0.5, 0.6) is 0 Å². The number of hydrogen-bond donors (Lipinski definition) is 2. The molecule has 0 aliphatic carbocycles. The second-order valence-corrected chi connectivity index (χ2v) is 11.1. The van der Waals surface area contributed by atoms with Gasteiger partial charge in [-0.05, 0) is 63.8 Å². The third-order valence-electron chi connectivity index (χ3n) is 6.29. The van der Waals surface area contributed by atoms with E-state index in [9.17, 15) is 14.4 Å². The molecule has 3 rings (SSSR count). The van der Waals surface area contributed by atoms with Crippen molar-refractivity contribution >= 4 is 40.8 Å². The predicted molar refractivity (Wildman–Crippen MR) is 154 cm³/mol. The van der Waals surface area contributed by atoms with Crippen LogP contribution in [0.4, 0.5) is 11.5 Å². The normalized spacial score (nSPS) is 12.9. The zero-order valence-corrected chi connectivity index (χ0v) is 24.1. The summed E-state index contributed by atoms with van der Waals surface area (Å²) in [5.74, 6) is 0.0128. The monoisotopic (exact) mass is 552 g/mol. The number of hydrogen-bond acceptors (Lipinski definition) is 5. The van der Waals surface area contributed by atoms with Crippen LogP contribution in [0.25, 0.3) is 0 Å². The highest BCUT2D eigenvalue weighted by Gasteiger charge is 2.35. The largest absolute Gasteiger partial charge is 0.360 e. The van der Waals surface area contributed by atoms with E-state index in [2.05, 4.69) is 29.6 Å². The van der Waals surface area contributed by atoms with Gasteiger partial charge >= 0.3 is 0 Å². The van der Waals surface area contributed by atoms with E-state index >= 15 is 0 Å². The molecule has 0 saturated heterocycles. The van der Waals surface area contributed by atoms with Crippen molar-refractivity contribution in [2.75, 3.05) is 10.2 Å². The van der Waals surface area contributed by atoms with E-state index in [4.69, 9.17) is 16.1 Å². The molecule has 2 atom stereocenters. The zero-order chi connectivity index (χ0) is 28.7. The summed E-state index contributed by atoms with van der Waals surface area (Å²) in [5.41, 5.74) is 1.60. The Balaban J connectivity index is 2.00. The lowest BCUT2D eigenvalue weighted by Gasteiger charge is -2.34. The van der Waals surface area contributed by atoms with E-state index in [1.165, 1.54) is 4.90 Å². The molecule has 0 unspecified atom stereocenters. The van der Waals surface area contributed by atoms with Crippen molar-refractivity contribution in [2.24, 2.45) is 0 Å². The van der Waals surface area contributed by atoms with E-state index in [0.29, 0.717) is 28.0 Å². The molecule has 1 heterocycles. The van der Waals surface area contributed by atoms with Gasteiger partial charge in [-0.3, -0.25) is 19.3 Å². The van der Waals surface area contributed by atoms with Gasteiger partial charge in [0.2, 0.25) is 17.7 Å². The van der Waals surface area contributed by atoms with E-state index < -0.39 is 23.4 Å². The molecule has 0 aliphatic heterocycles. The Labute approximate surface area is 235 Å². The molecule has 0 bridgehead atoms. The quantitative estimate of drug-likeness (QED) is 0.296. The number of nitrogens with one attached hydrogen (secondary N) is 2. The smallest absolute Gasteiger partial charge is 0.248 e. The van der Waals surface area contributed by atoms with Gasteiger partial charge in [0, 0.05) is 40.7 Å². The fourth-order valence-electron chi connectivity index (χ4n) is 4.14. The highest BCUT2D eigenvalue weighted by molar-refractivity contribution is 6.31. The minimum absolute atomic E-state index is 0.109. The molecule has 208 valence electrons. The summed E-state index contributed by atoms with van der Waals surface area (Å²) in [6.45, 7) is 11.6. The minimum Gasteiger partial charge on any atom is -0.360 e. The molecule has 2 aromatic carbocycles. The number of rotatable bonds is 10. The third kappa shape index (κ3) is 8.17. The van der Waals surface area contributed by atoms with Gasteiger partial charge in [0.1, 0.15) is 11.8 Å². The van der Waals surface area contributed by atoms with Crippen LogP contribution in [0.1, 0.15) is 82.7 Å². The minimum atomic E-state index is -1.05. The topological polar surface area (TPSA) is 105 Å². The Hall–Kier alpha value is -3.65.